The maximum atomic E-state index is 13.7. The fourth-order valence-electron chi connectivity index (χ4n) is 3.30. The molecule has 0 aliphatic heterocycles. The van der Waals surface area contributed by atoms with Crippen LogP contribution in [0.3, 0.4) is 0 Å². The van der Waals surface area contributed by atoms with Gasteiger partial charge in [0.2, 0.25) is 17.6 Å². The lowest BCUT2D eigenvalue weighted by atomic mass is 10.1. The second kappa shape index (κ2) is 7.58. The zero-order valence-corrected chi connectivity index (χ0v) is 15.9. The standard InChI is InChI=1S/C21H22FN3O3/c1-13-5-6-15(12-17(13)22)21-23-19(28-24-21)9-10-20(26)25(16-7-8-16)14(2)18-4-3-11-27-18/h3-6,11-12,14,16H,7-10H2,1-2H3. The molecule has 0 radical (unpaired) electrons. The first-order chi connectivity index (χ1) is 13.5. The molecule has 1 unspecified atom stereocenters. The average Bonchev–Trinajstić information content (AvgIpc) is 3.18. The molecule has 0 spiro atoms. The molecule has 0 bridgehead atoms. The van der Waals surface area contributed by atoms with Crippen LogP contribution in [-0.4, -0.2) is 27.0 Å². The summed E-state index contributed by atoms with van der Waals surface area (Å²) in [4.78, 5) is 19.0. The first-order valence-corrected chi connectivity index (χ1v) is 9.46. The molecule has 1 atom stereocenters. The van der Waals surface area contributed by atoms with Crippen molar-refractivity contribution in [1.82, 2.24) is 15.0 Å². The quantitative estimate of drug-likeness (QED) is 0.602. The second-order valence-corrected chi connectivity index (χ2v) is 7.20. The zero-order valence-electron chi connectivity index (χ0n) is 15.9. The van der Waals surface area contributed by atoms with Gasteiger partial charge in [-0.3, -0.25) is 4.79 Å². The third-order valence-corrected chi connectivity index (χ3v) is 5.05. The van der Waals surface area contributed by atoms with E-state index in [1.165, 1.54) is 6.07 Å². The average molecular weight is 383 g/mol. The third kappa shape index (κ3) is 3.83. The van der Waals surface area contributed by atoms with Crippen LogP contribution in [0.15, 0.2) is 45.5 Å². The molecule has 7 heteroatoms. The number of hydrogen-bond donors (Lipinski definition) is 0. The van der Waals surface area contributed by atoms with Gasteiger partial charge in [-0.25, -0.2) is 4.39 Å². The molecule has 1 aromatic carbocycles. The summed E-state index contributed by atoms with van der Waals surface area (Å²) in [5.41, 5.74) is 1.11. The topological polar surface area (TPSA) is 72.4 Å². The third-order valence-electron chi connectivity index (χ3n) is 5.05. The number of aromatic nitrogens is 2. The predicted octanol–water partition coefficient (Wildman–Crippen LogP) is 4.46. The number of benzene rings is 1. The predicted molar refractivity (Wildman–Crippen MR) is 99.7 cm³/mol. The van der Waals surface area contributed by atoms with Crippen LogP contribution in [0.4, 0.5) is 4.39 Å². The number of furan rings is 1. The van der Waals surface area contributed by atoms with Crippen LogP contribution in [0.1, 0.15) is 49.4 Å². The Labute approximate surface area is 162 Å². The highest BCUT2D eigenvalue weighted by Crippen LogP contribution is 2.35. The van der Waals surface area contributed by atoms with Crippen LogP contribution in [0, 0.1) is 12.7 Å². The molecule has 1 amide bonds. The number of aryl methyl sites for hydroxylation is 2. The Bertz CT molecular complexity index is 963. The maximum Gasteiger partial charge on any atom is 0.227 e. The highest BCUT2D eigenvalue weighted by atomic mass is 19.1. The SMILES string of the molecule is Cc1ccc(-c2noc(CCC(=O)N(C3CC3)C(C)c3ccco3)n2)cc1F. The van der Waals surface area contributed by atoms with Crippen LogP contribution in [0.2, 0.25) is 0 Å². The fraction of sp³-hybridized carbons (Fsp3) is 0.381. The minimum atomic E-state index is -0.314. The summed E-state index contributed by atoms with van der Waals surface area (Å²) < 4.78 is 24.5. The van der Waals surface area contributed by atoms with E-state index < -0.39 is 0 Å². The Morgan fingerprint density at radius 2 is 2.18 bits per heavy atom. The number of halogens is 1. The monoisotopic (exact) mass is 383 g/mol. The Kier molecular flexibility index (Phi) is 4.98. The van der Waals surface area contributed by atoms with Gasteiger partial charge in [-0.1, -0.05) is 17.3 Å². The van der Waals surface area contributed by atoms with Gasteiger partial charge in [0.15, 0.2) is 0 Å². The minimum absolute atomic E-state index is 0.0348. The Morgan fingerprint density at radius 3 is 2.86 bits per heavy atom. The van der Waals surface area contributed by atoms with Gasteiger partial charge in [-0.05, 0) is 50.5 Å². The number of hydrogen-bond acceptors (Lipinski definition) is 5. The van der Waals surface area contributed by atoms with Gasteiger partial charge in [-0.2, -0.15) is 4.98 Å². The Morgan fingerprint density at radius 1 is 1.36 bits per heavy atom. The van der Waals surface area contributed by atoms with Crippen molar-refractivity contribution >= 4 is 5.91 Å². The van der Waals surface area contributed by atoms with Gasteiger partial charge in [0.1, 0.15) is 11.6 Å². The molecule has 2 heterocycles. The van der Waals surface area contributed by atoms with Crippen LogP contribution in [-0.2, 0) is 11.2 Å². The molecule has 1 saturated carbocycles. The Hall–Kier alpha value is -2.96. The zero-order chi connectivity index (χ0) is 19.7. The van der Waals surface area contributed by atoms with Crippen LogP contribution in [0.5, 0.6) is 0 Å². The minimum Gasteiger partial charge on any atom is -0.467 e. The van der Waals surface area contributed by atoms with E-state index in [0.717, 1.165) is 18.6 Å². The largest absolute Gasteiger partial charge is 0.467 e. The number of carbonyl (C=O) groups excluding carboxylic acids is 1. The van der Waals surface area contributed by atoms with Gasteiger partial charge >= 0.3 is 0 Å². The van der Waals surface area contributed by atoms with Crippen LogP contribution in [0.25, 0.3) is 11.4 Å². The van der Waals surface area contributed by atoms with Crippen LogP contribution >= 0.6 is 0 Å². The summed E-state index contributed by atoms with van der Waals surface area (Å²) in [5, 5.41) is 3.91. The first-order valence-electron chi connectivity index (χ1n) is 9.46. The molecule has 4 rings (SSSR count). The lowest BCUT2D eigenvalue weighted by Crippen LogP contribution is -2.35. The normalized spacial score (nSPS) is 14.8. The number of nitrogens with zero attached hydrogens (tertiary/aromatic N) is 3. The van der Waals surface area contributed by atoms with E-state index in [4.69, 9.17) is 8.94 Å². The number of amides is 1. The van der Waals surface area contributed by atoms with Crippen molar-refractivity contribution < 1.29 is 18.1 Å². The maximum absolute atomic E-state index is 13.7. The molecule has 146 valence electrons. The van der Waals surface area contributed by atoms with Crippen molar-refractivity contribution in [1.29, 1.82) is 0 Å². The summed E-state index contributed by atoms with van der Waals surface area (Å²) in [7, 11) is 0. The highest BCUT2D eigenvalue weighted by molar-refractivity contribution is 5.77. The van der Waals surface area contributed by atoms with Gasteiger partial charge in [0.05, 0.1) is 12.3 Å². The second-order valence-electron chi connectivity index (χ2n) is 7.20. The molecular weight excluding hydrogens is 361 g/mol. The van der Waals surface area contributed by atoms with E-state index in [1.807, 2.05) is 24.0 Å². The van der Waals surface area contributed by atoms with E-state index in [2.05, 4.69) is 10.1 Å². The molecule has 0 saturated heterocycles. The van der Waals surface area contributed by atoms with Crippen molar-refractivity contribution in [2.24, 2.45) is 0 Å². The molecule has 3 aromatic rings. The molecule has 0 N–H and O–H groups in total. The van der Waals surface area contributed by atoms with Crippen molar-refractivity contribution in [3.05, 3.63) is 59.6 Å². The molecule has 2 aromatic heterocycles. The van der Waals surface area contributed by atoms with Crippen molar-refractivity contribution in [2.45, 2.75) is 51.6 Å². The van der Waals surface area contributed by atoms with E-state index in [9.17, 15) is 9.18 Å². The van der Waals surface area contributed by atoms with E-state index in [-0.39, 0.29) is 30.2 Å². The van der Waals surface area contributed by atoms with Crippen molar-refractivity contribution in [3.63, 3.8) is 0 Å². The van der Waals surface area contributed by atoms with E-state index in [1.54, 1.807) is 25.3 Å². The molecule has 6 nitrogen and oxygen atoms in total. The van der Waals surface area contributed by atoms with Gasteiger partial charge < -0.3 is 13.8 Å². The van der Waals surface area contributed by atoms with E-state index >= 15 is 0 Å². The number of carbonyl (C=O) groups is 1. The van der Waals surface area contributed by atoms with Gasteiger partial charge in [0, 0.05) is 24.4 Å². The van der Waals surface area contributed by atoms with Crippen molar-refractivity contribution in [2.75, 3.05) is 0 Å². The summed E-state index contributed by atoms with van der Waals surface area (Å²) in [6.07, 6.45) is 4.26. The summed E-state index contributed by atoms with van der Waals surface area (Å²) in [6, 6.07) is 8.68. The highest BCUT2D eigenvalue weighted by Gasteiger charge is 2.37. The van der Waals surface area contributed by atoms with Gasteiger partial charge in [0.25, 0.3) is 0 Å². The lowest BCUT2D eigenvalue weighted by molar-refractivity contribution is -0.134. The first kappa shape index (κ1) is 18.4. The Balaban J connectivity index is 1.41. The molecule has 1 aliphatic rings. The van der Waals surface area contributed by atoms with Gasteiger partial charge in [-0.15, -0.1) is 0 Å². The summed E-state index contributed by atoms with van der Waals surface area (Å²) >= 11 is 0. The lowest BCUT2D eigenvalue weighted by Gasteiger charge is -2.28. The van der Waals surface area contributed by atoms with Crippen molar-refractivity contribution in [3.8, 4) is 11.4 Å². The summed E-state index contributed by atoms with van der Waals surface area (Å²) in [5.74, 6) is 1.19. The fourth-order valence-corrected chi connectivity index (χ4v) is 3.30. The smallest absolute Gasteiger partial charge is 0.227 e. The van der Waals surface area contributed by atoms with Crippen LogP contribution < -0.4 is 0 Å². The summed E-state index contributed by atoms with van der Waals surface area (Å²) in [6.45, 7) is 3.67. The molecule has 1 aliphatic carbocycles. The molecule has 28 heavy (non-hydrogen) atoms. The van der Waals surface area contributed by atoms with E-state index in [0.29, 0.717) is 29.3 Å². The number of rotatable bonds is 7. The molecular formula is C21H22FN3O3. The molecule has 1 fully saturated rings.